The van der Waals surface area contributed by atoms with Gasteiger partial charge in [0.1, 0.15) is 6.54 Å². The van der Waals surface area contributed by atoms with E-state index in [1.165, 1.54) is 12.4 Å². The van der Waals surface area contributed by atoms with Crippen LogP contribution < -0.4 is 11.1 Å². The van der Waals surface area contributed by atoms with Crippen LogP contribution in [0.5, 0.6) is 0 Å². The molecule has 0 aliphatic heterocycles. The summed E-state index contributed by atoms with van der Waals surface area (Å²) in [6, 6.07) is -0.240. The van der Waals surface area contributed by atoms with Crippen LogP contribution in [0.1, 0.15) is 13.3 Å². The summed E-state index contributed by atoms with van der Waals surface area (Å²) in [4.78, 5) is 11.3. The molecule has 0 fully saturated rings. The molecule has 1 atom stereocenters. The predicted octanol–water partition coefficient (Wildman–Crippen LogP) is 0.824. The molecule has 1 aromatic heterocycles. The molecule has 1 rings (SSSR count). The normalized spacial score (nSPS) is 12.8. The van der Waals surface area contributed by atoms with Crippen LogP contribution in [0.15, 0.2) is 12.4 Å². The van der Waals surface area contributed by atoms with E-state index in [-0.39, 0.29) is 18.4 Å². The molecular formula is C9H14F2N4O. The Bertz CT molecular complexity index is 351. The first kappa shape index (κ1) is 12.6. The molecule has 0 saturated carbocycles. The predicted molar refractivity (Wildman–Crippen MR) is 55.1 cm³/mol. The lowest BCUT2D eigenvalue weighted by Crippen LogP contribution is -2.23. The number of anilines is 1. The highest BCUT2D eigenvalue weighted by molar-refractivity contribution is 5.90. The minimum atomic E-state index is -2.47. The molecule has 0 spiro atoms. The van der Waals surface area contributed by atoms with Crippen molar-refractivity contribution in [3.63, 3.8) is 0 Å². The molecule has 0 bridgehead atoms. The summed E-state index contributed by atoms with van der Waals surface area (Å²) < 4.78 is 25.1. The fourth-order valence-electron chi connectivity index (χ4n) is 1.17. The van der Waals surface area contributed by atoms with Gasteiger partial charge in [-0.05, 0) is 6.92 Å². The third-order valence-corrected chi connectivity index (χ3v) is 1.75. The number of halogens is 2. The number of carbonyl (C=O) groups is 1. The second-order valence-electron chi connectivity index (χ2n) is 3.57. The van der Waals surface area contributed by atoms with Crippen LogP contribution in [0, 0.1) is 0 Å². The van der Waals surface area contributed by atoms with Crippen LogP contribution in [0.3, 0.4) is 0 Å². The SMILES string of the molecule is CC(N)CC(=O)Nc1cnn(CC(F)F)c1. The van der Waals surface area contributed by atoms with Gasteiger partial charge in [0.2, 0.25) is 5.91 Å². The standard InChI is InChI=1S/C9H14F2N4O/c1-6(12)2-9(16)14-7-3-13-15(4-7)5-8(10)11/h3-4,6,8H,2,5,12H2,1H3,(H,14,16). The molecule has 5 nitrogen and oxygen atoms in total. The fraction of sp³-hybridized carbons (Fsp3) is 0.556. The van der Waals surface area contributed by atoms with Crippen molar-refractivity contribution in [1.82, 2.24) is 9.78 Å². The summed E-state index contributed by atoms with van der Waals surface area (Å²) in [6.45, 7) is 1.23. The summed E-state index contributed by atoms with van der Waals surface area (Å²) in [6.07, 6.45) is 0.389. The molecule has 0 aliphatic carbocycles. The van der Waals surface area contributed by atoms with E-state index in [0.29, 0.717) is 5.69 Å². The molecule has 7 heteroatoms. The lowest BCUT2D eigenvalue weighted by molar-refractivity contribution is -0.116. The van der Waals surface area contributed by atoms with Crippen molar-refractivity contribution >= 4 is 11.6 Å². The fourth-order valence-corrected chi connectivity index (χ4v) is 1.17. The Balaban J connectivity index is 2.48. The highest BCUT2D eigenvalue weighted by atomic mass is 19.3. The lowest BCUT2D eigenvalue weighted by atomic mass is 10.2. The van der Waals surface area contributed by atoms with Crippen LogP contribution in [0.2, 0.25) is 0 Å². The topological polar surface area (TPSA) is 72.9 Å². The van der Waals surface area contributed by atoms with Crippen molar-refractivity contribution < 1.29 is 13.6 Å². The van der Waals surface area contributed by atoms with Gasteiger partial charge in [0.25, 0.3) is 6.43 Å². The first-order chi connectivity index (χ1) is 7.47. The van der Waals surface area contributed by atoms with Crippen molar-refractivity contribution in [1.29, 1.82) is 0 Å². The van der Waals surface area contributed by atoms with Crippen LogP contribution >= 0.6 is 0 Å². The second-order valence-corrected chi connectivity index (χ2v) is 3.57. The molecule has 0 saturated heterocycles. The van der Waals surface area contributed by atoms with Crippen molar-refractivity contribution in [2.24, 2.45) is 5.73 Å². The number of aromatic nitrogens is 2. The lowest BCUT2D eigenvalue weighted by Gasteiger charge is -2.04. The van der Waals surface area contributed by atoms with Crippen LogP contribution in [0.25, 0.3) is 0 Å². The van der Waals surface area contributed by atoms with Gasteiger partial charge < -0.3 is 11.1 Å². The Morgan fingerprint density at radius 2 is 2.38 bits per heavy atom. The number of hydrogen-bond acceptors (Lipinski definition) is 3. The van der Waals surface area contributed by atoms with E-state index in [1.807, 2.05) is 0 Å². The van der Waals surface area contributed by atoms with E-state index >= 15 is 0 Å². The zero-order chi connectivity index (χ0) is 12.1. The summed E-state index contributed by atoms with van der Waals surface area (Å²) in [5.74, 6) is -0.258. The Labute approximate surface area is 91.6 Å². The first-order valence-electron chi connectivity index (χ1n) is 4.83. The van der Waals surface area contributed by atoms with Crippen LogP contribution in [-0.2, 0) is 11.3 Å². The molecular weight excluding hydrogens is 218 g/mol. The quantitative estimate of drug-likeness (QED) is 0.789. The summed E-state index contributed by atoms with van der Waals surface area (Å²) in [7, 11) is 0. The molecule has 0 aliphatic rings. The van der Waals surface area contributed by atoms with E-state index in [0.717, 1.165) is 4.68 Å². The maximum absolute atomic E-state index is 12.0. The van der Waals surface area contributed by atoms with Gasteiger partial charge in [-0.3, -0.25) is 9.48 Å². The number of rotatable bonds is 5. The molecule has 0 aromatic carbocycles. The number of carbonyl (C=O) groups excluding carboxylic acids is 1. The number of hydrogen-bond donors (Lipinski definition) is 2. The second kappa shape index (κ2) is 5.55. The van der Waals surface area contributed by atoms with E-state index in [9.17, 15) is 13.6 Å². The Kier molecular flexibility index (Phi) is 4.36. The van der Waals surface area contributed by atoms with E-state index in [4.69, 9.17) is 5.73 Å². The van der Waals surface area contributed by atoms with Gasteiger partial charge in [-0.25, -0.2) is 8.78 Å². The number of nitrogens with two attached hydrogens (primary N) is 1. The van der Waals surface area contributed by atoms with Gasteiger partial charge in [-0.15, -0.1) is 0 Å². The number of alkyl halides is 2. The van der Waals surface area contributed by atoms with Crippen molar-refractivity contribution in [3.05, 3.63) is 12.4 Å². The van der Waals surface area contributed by atoms with Gasteiger partial charge in [-0.2, -0.15) is 5.10 Å². The van der Waals surface area contributed by atoms with Gasteiger partial charge in [-0.1, -0.05) is 0 Å². The first-order valence-corrected chi connectivity index (χ1v) is 4.83. The Hall–Kier alpha value is -1.50. The van der Waals surface area contributed by atoms with E-state index < -0.39 is 13.0 Å². The van der Waals surface area contributed by atoms with Gasteiger partial charge in [0.15, 0.2) is 0 Å². The molecule has 3 N–H and O–H groups in total. The minimum Gasteiger partial charge on any atom is -0.327 e. The van der Waals surface area contributed by atoms with Crippen molar-refractivity contribution in [2.75, 3.05) is 5.32 Å². The monoisotopic (exact) mass is 232 g/mol. The average molecular weight is 232 g/mol. The Morgan fingerprint density at radius 3 is 2.94 bits per heavy atom. The van der Waals surface area contributed by atoms with Gasteiger partial charge in [0.05, 0.1) is 11.9 Å². The van der Waals surface area contributed by atoms with Gasteiger partial charge in [0, 0.05) is 18.7 Å². The number of nitrogens with zero attached hydrogens (tertiary/aromatic N) is 2. The summed E-state index contributed by atoms with van der Waals surface area (Å²) in [5, 5.41) is 6.20. The van der Waals surface area contributed by atoms with Gasteiger partial charge >= 0.3 is 0 Å². The minimum absolute atomic E-state index is 0.181. The third-order valence-electron chi connectivity index (χ3n) is 1.75. The van der Waals surface area contributed by atoms with Crippen molar-refractivity contribution in [2.45, 2.75) is 32.4 Å². The van der Waals surface area contributed by atoms with Crippen LogP contribution in [0.4, 0.5) is 14.5 Å². The Morgan fingerprint density at radius 1 is 1.69 bits per heavy atom. The highest BCUT2D eigenvalue weighted by Gasteiger charge is 2.09. The summed E-state index contributed by atoms with van der Waals surface area (Å²) >= 11 is 0. The third kappa shape index (κ3) is 4.35. The summed E-state index contributed by atoms with van der Waals surface area (Å²) in [5.41, 5.74) is 5.83. The zero-order valence-electron chi connectivity index (χ0n) is 8.86. The molecule has 90 valence electrons. The molecule has 1 aromatic rings. The molecule has 1 heterocycles. The average Bonchev–Trinajstić information content (AvgIpc) is 2.49. The maximum atomic E-state index is 12.0. The zero-order valence-corrected chi connectivity index (χ0v) is 8.86. The van der Waals surface area contributed by atoms with Crippen LogP contribution in [-0.4, -0.2) is 28.2 Å². The maximum Gasteiger partial charge on any atom is 0.257 e. The molecule has 16 heavy (non-hydrogen) atoms. The smallest absolute Gasteiger partial charge is 0.257 e. The largest absolute Gasteiger partial charge is 0.327 e. The number of amides is 1. The molecule has 1 amide bonds. The highest BCUT2D eigenvalue weighted by Crippen LogP contribution is 2.07. The molecule has 0 radical (unpaired) electrons. The van der Waals surface area contributed by atoms with E-state index in [2.05, 4.69) is 10.4 Å². The molecule has 1 unspecified atom stereocenters. The van der Waals surface area contributed by atoms with Crippen molar-refractivity contribution in [3.8, 4) is 0 Å². The van der Waals surface area contributed by atoms with E-state index in [1.54, 1.807) is 6.92 Å². The number of nitrogens with one attached hydrogen (secondary N) is 1.